The lowest BCUT2D eigenvalue weighted by Gasteiger charge is -2.34. The second-order valence-electron chi connectivity index (χ2n) is 8.37. The van der Waals surface area contributed by atoms with Gasteiger partial charge < -0.3 is 15.4 Å². The topological polar surface area (TPSA) is 33.3 Å². The molecule has 138 valence electrons. The quantitative estimate of drug-likeness (QED) is 0.856. The van der Waals surface area contributed by atoms with Crippen LogP contribution in [0.4, 0.5) is 0 Å². The highest BCUT2D eigenvalue weighted by Crippen LogP contribution is 2.36. The van der Waals surface area contributed by atoms with Gasteiger partial charge in [-0.3, -0.25) is 0 Å². The lowest BCUT2D eigenvalue weighted by molar-refractivity contribution is 0.0521. The zero-order valence-electron chi connectivity index (χ0n) is 15.5. The van der Waals surface area contributed by atoms with Gasteiger partial charge in [0.2, 0.25) is 0 Å². The average molecular weight is 343 g/mol. The highest BCUT2D eigenvalue weighted by Gasteiger charge is 2.35. The summed E-state index contributed by atoms with van der Waals surface area (Å²) in [7, 11) is 0. The van der Waals surface area contributed by atoms with Crippen molar-refractivity contribution in [2.24, 2.45) is 11.8 Å². The minimum atomic E-state index is 0.572. The van der Waals surface area contributed by atoms with E-state index in [1.807, 2.05) is 0 Å². The zero-order valence-corrected chi connectivity index (χ0v) is 15.5. The van der Waals surface area contributed by atoms with Crippen LogP contribution in [0.2, 0.25) is 0 Å². The van der Waals surface area contributed by atoms with Gasteiger partial charge in [0.25, 0.3) is 0 Å². The first kappa shape index (κ1) is 17.5. The molecular formula is C22H34N2O. The Labute approximate surface area is 152 Å². The van der Waals surface area contributed by atoms with E-state index in [1.165, 1.54) is 51.5 Å². The van der Waals surface area contributed by atoms with Crippen LogP contribution in [0.1, 0.15) is 56.4 Å². The van der Waals surface area contributed by atoms with Crippen LogP contribution in [0.25, 0.3) is 0 Å². The lowest BCUT2D eigenvalue weighted by atomic mass is 9.78. The fourth-order valence-electron chi connectivity index (χ4n) is 5.33. The van der Waals surface area contributed by atoms with Gasteiger partial charge in [-0.2, -0.15) is 0 Å². The first-order chi connectivity index (χ1) is 12.4. The number of nitrogens with one attached hydrogen (secondary N) is 2. The molecule has 3 heteroatoms. The highest BCUT2D eigenvalue weighted by atomic mass is 16.5. The fraction of sp³-hybridized carbons (Fsp3) is 0.727. The van der Waals surface area contributed by atoms with Crippen molar-refractivity contribution in [3.63, 3.8) is 0 Å². The molecule has 0 amide bonds. The lowest BCUT2D eigenvalue weighted by Crippen LogP contribution is -2.51. The van der Waals surface area contributed by atoms with Gasteiger partial charge in [0, 0.05) is 18.6 Å². The van der Waals surface area contributed by atoms with Crippen LogP contribution in [0.5, 0.6) is 0 Å². The molecule has 3 nitrogen and oxygen atoms in total. The van der Waals surface area contributed by atoms with Crippen LogP contribution in [-0.4, -0.2) is 38.4 Å². The Morgan fingerprint density at radius 3 is 2.60 bits per heavy atom. The van der Waals surface area contributed by atoms with Gasteiger partial charge >= 0.3 is 0 Å². The van der Waals surface area contributed by atoms with E-state index in [0.29, 0.717) is 12.1 Å². The third kappa shape index (κ3) is 4.45. The predicted octanol–water partition coefficient (Wildman–Crippen LogP) is 3.71. The Morgan fingerprint density at radius 2 is 1.84 bits per heavy atom. The molecule has 25 heavy (non-hydrogen) atoms. The van der Waals surface area contributed by atoms with Crippen LogP contribution in [0, 0.1) is 11.8 Å². The second-order valence-corrected chi connectivity index (χ2v) is 8.37. The third-order valence-corrected chi connectivity index (χ3v) is 6.82. The molecule has 1 saturated heterocycles. The molecule has 2 aliphatic carbocycles. The van der Waals surface area contributed by atoms with Crippen molar-refractivity contribution >= 4 is 0 Å². The van der Waals surface area contributed by atoms with Gasteiger partial charge in [-0.1, -0.05) is 36.8 Å². The molecule has 2 saturated carbocycles. The van der Waals surface area contributed by atoms with E-state index in [4.69, 9.17) is 4.74 Å². The van der Waals surface area contributed by atoms with Gasteiger partial charge in [-0.05, 0) is 68.4 Å². The molecule has 1 heterocycles. The van der Waals surface area contributed by atoms with Crippen LogP contribution in [0.15, 0.2) is 30.3 Å². The number of benzene rings is 1. The minimum absolute atomic E-state index is 0.572. The molecule has 3 aliphatic rings. The molecule has 0 aromatic heterocycles. The SMILES string of the molecule is c1ccc(C2CCC(CNC3CCCC3C3COCCN3)CC2)cc1. The van der Waals surface area contributed by atoms with Crippen molar-refractivity contribution in [1.82, 2.24) is 10.6 Å². The summed E-state index contributed by atoms with van der Waals surface area (Å²) < 4.78 is 5.70. The van der Waals surface area contributed by atoms with E-state index < -0.39 is 0 Å². The maximum Gasteiger partial charge on any atom is 0.0623 e. The Bertz CT molecular complexity index is 506. The van der Waals surface area contributed by atoms with Crippen molar-refractivity contribution in [2.45, 2.75) is 62.9 Å². The molecule has 4 rings (SSSR count). The summed E-state index contributed by atoms with van der Waals surface area (Å²) >= 11 is 0. The van der Waals surface area contributed by atoms with Gasteiger partial charge in [-0.15, -0.1) is 0 Å². The molecule has 3 atom stereocenters. The summed E-state index contributed by atoms with van der Waals surface area (Å²) in [5.41, 5.74) is 1.55. The summed E-state index contributed by atoms with van der Waals surface area (Å²) in [6.07, 6.45) is 9.58. The van der Waals surface area contributed by atoms with E-state index in [9.17, 15) is 0 Å². The smallest absolute Gasteiger partial charge is 0.0623 e. The third-order valence-electron chi connectivity index (χ3n) is 6.82. The molecule has 2 N–H and O–H groups in total. The number of morpholine rings is 1. The van der Waals surface area contributed by atoms with Crippen LogP contribution in [-0.2, 0) is 4.74 Å². The fourth-order valence-corrected chi connectivity index (χ4v) is 5.33. The Kier molecular flexibility index (Phi) is 6.06. The zero-order chi connectivity index (χ0) is 16.9. The molecule has 3 unspecified atom stereocenters. The second kappa shape index (κ2) is 8.66. The number of ether oxygens (including phenoxy) is 1. The Balaban J connectivity index is 1.22. The van der Waals surface area contributed by atoms with E-state index in [2.05, 4.69) is 41.0 Å². The van der Waals surface area contributed by atoms with Crippen molar-refractivity contribution in [3.8, 4) is 0 Å². The number of hydrogen-bond acceptors (Lipinski definition) is 3. The first-order valence-electron chi connectivity index (χ1n) is 10.5. The van der Waals surface area contributed by atoms with Crippen LogP contribution < -0.4 is 10.6 Å². The molecule has 1 aromatic rings. The molecule has 0 spiro atoms. The van der Waals surface area contributed by atoms with E-state index in [1.54, 1.807) is 5.56 Å². The van der Waals surface area contributed by atoms with Gasteiger partial charge in [0.15, 0.2) is 0 Å². The number of rotatable bonds is 5. The van der Waals surface area contributed by atoms with E-state index >= 15 is 0 Å². The average Bonchev–Trinajstić information content (AvgIpc) is 3.17. The Hall–Kier alpha value is -0.900. The summed E-state index contributed by atoms with van der Waals surface area (Å²) in [6.45, 7) is 4.03. The minimum Gasteiger partial charge on any atom is -0.379 e. The monoisotopic (exact) mass is 342 g/mol. The summed E-state index contributed by atoms with van der Waals surface area (Å²) in [5, 5.41) is 7.65. The summed E-state index contributed by atoms with van der Waals surface area (Å²) in [5.74, 6) is 2.43. The standard InChI is InChI=1S/C22H34N2O/c1-2-5-18(6-3-1)19-11-9-17(10-12-19)15-24-21-8-4-7-20(21)22-16-25-14-13-23-22/h1-3,5-6,17,19-24H,4,7-16H2. The van der Waals surface area contributed by atoms with Crippen LogP contribution in [0.3, 0.4) is 0 Å². The van der Waals surface area contributed by atoms with Gasteiger partial charge in [0.05, 0.1) is 13.2 Å². The predicted molar refractivity (Wildman–Crippen MR) is 103 cm³/mol. The maximum atomic E-state index is 5.70. The molecular weight excluding hydrogens is 308 g/mol. The normalized spacial score (nSPS) is 36.4. The molecule has 3 fully saturated rings. The summed E-state index contributed by atoms with van der Waals surface area (Å²) in [6, 6.07) is 12.4. The first-order valence-corrected chi connectivity index (χ1v) is 10.5. The Morgan fingerprint density at radius 1 is 1.00 bits per heavy atom. The van der Waals surface area contributed by atoms with Crippen molar-refractivity contribution in [1.29, 1.82) is 0 Å². The van der Waals surface area contributed by atoms with Crippen molar-refractivity contribution in [2.75, 3.05) is 26.3 Å². The van der Waals surface area contributed by atoms with Crippen molar-refractivity contribution in [3.05, 3.63) is 35.9 Å². The molecule has 0 radical (unpaired) electrons. The molecule has 0 bridgehead atoms. The van der Waals surface area contributed by atoms with E-state index in [0.717, 1.165) is 37.5 Å². The van der Waals surface area contributed by atoms with Gasteiger partial charge in [0.1, 0.15) is 0 Å². The molecule has 1 aliphatic heterocycles. The van der Waals surface area contributed by atoms with Gasteiger partial charge in [-0.25, -0.2) is 0 Å². The highest BCUT2D eigenvalue weighted by molar-refractivity contribution is 5.19. The molecule has 1 aromatic carbocycles. The summed E-state index contributed by atoms with van der Waals surface area (Å²) in [4.78, 5) is 0. The van der Waals surface area contributed by atoms with Crippen molar-refractivity contribution < 1.29 is 4.74 Å². The maximum absolute atomic E-state index is 5.70. The van der Waals surface area contributed by atoms with E-state index in [-0.39, 0.29) is 0 Å². The van der Waals surface area contributed by atoms with Crippen LogP contribution >= 0.6 is 0 Å². The largest absolute Gasteiger partial charge is 0.379 e. The number of hydrogen-bond donors (Lipinski definition) is 2.